The van der Waals surface area contributed by atoms with Gasteiger partial charge >= 0.3 is 0 Å². The van der Waals surface area contributed by atoms with Crippen molar-refractivity contribution in [1.82, 2.24) is 24.3 Å². The summed E-state index contributed by atoms with van der Waals surface area (Å²) in [5, 5.41) is 1.91. The smallest absolute Gasteiger partial charge is 0.263 e. The van der Waals surface area contributed by atoms with Gasteiger partial charge in [0.25, 0.3) is 5.91 Å². The molecule has 0 unspecified atom stereocenters. The molecular weight excluding hydrogens is 422 g/mol. The minimum atomic E-state index is -0.634. The lowest BCUT2D eigenvalue weighted by molar-refractivity contribution is -0.136. The molecule has 2 fully saturated rings. The summed E-state index contributed by atoms with van der Waals surface area (Å²) in [4.78, 5) is 40.4. The third kappa shape index (κ3) is 3.52. The van der Waals surface area contributed by atoms with Gasteiger partial charge in [-0.2, -0.15) is 0 Å². The van der Waals surface area contributed by atoms with Crippen LogP contribution in [-0.4, -0.2) is 55.8 Å². The quantitative estimate of drug-likeness (QED) is 0.597. The lowest BCUT2D eigenvalue weighted by Gasteiger charge is -2.27. The molecule has 1 spiro atoms. The summed E-state index contributed by atoms with van der Waals surface area (Å²) >= 11 is 1.44. The largest absolute Gasteiger partial charge is 0.338 e. The molecule has 0 bridgehead atoms. The number of pyridine rings is 1. The van der Waals surface area contributed by atoms with Gasteiger partial charge in [-0.05, 0) is 43.3 Å². The van der Waals surface area contributed by atoms with Crippen LogP contribution in [-0.2, 0) is 11.3 Å². The molecule has 0 N–H and O–H groups in total. The zero-order valence-electron chi connectivity index (χ0n) is 18.3. The fraction of sp³-hybridized carbons (Fsp3) is 0.417. The highest BCUT2D eigenvalue weighted by Crippen LogP contribution is 2.50. The van der Waals surface area contributed by atoms with Crippen molar-refractivity contribution in [3.8, 4) is 0 Å². The van der Waals surface area contributed by atoms with Crippen molar-refractivity contribution < 1.29 is 9.59 Å². The molecule has 5 rings (SSSR count). The number of rotatable bonds is 5. The van der Waals surface area contributed by atoms with E-state index in [4.69, 9.17) is 0 Å². The molecule has 166 valence electrons. The average Bonchev–Trinajstić information content (AvgIpc) is 3.58. The number of hydrogen-bond acceptors (Lipinski definition) is 5. The molecule has 7 nitrogen and oxygen atoms in total. The van der Waals surface area contributed by atoms with E-state index in [1.807, 2.05) is 52.0 Å². The predicted octanol–water partition coefficient (Wildman–Crippen LogP) is 3.58. The summed E-state index contributed by atoms with van der Waals surface area (Å²) in [6.07, 6.45) is 8.15. The molecule has 32 heavy (non-hydrogen) atoms. The lowest BCUT2D eigenvalue weighted by Crippen LogP contribution is -2.40. The number of likely N-dealkylation sites (tertiary alicyclic amines) is 2. The number of imidazole rings is 1. The number of amides is 2. The maximum absolute atomic E-state index is 13.8. The monoisotopic (exact) mass is 449 g/mol. The Morgan fingerprint density at radius 1 is 1.31 bits per heavy atom. The van der Waals surface area contributed by atoms with Crippen molar-refractivity contribution in [3.63, 3.8) is 0 Å². The maximum atomic E-state index is 13.8. The normalized spacial score (nSPS) is 23.1. The molecule has 0 aromatic carbocycles. The van der Waals surface area contributed by atoms with Crippen LogP contribution in [0.3, 0.4) is 0 Å². The van der Waals surface area contributed by atoms with Gasteiger partial charge in [-0.1, -0.05) is 12.1 Å². The Labute approximate surface area is 191 Å². The second kappa shape index (κ2) is 8.16. The second-order valence-corrected chi connectivity index (χ2v) is 10.00. The van der Waals surface area contributed by atoms with Crippen LogP contribution in [0, 0.1) is 5.41 Å². The zero-order chi connectivity index (χ0) is 22.3. The molecule has 2 atom stereocenters. The number of aromatic nitrogens is 3. The third-order valence-corrected chi connectivity index (χ3v) is 7.63. The van der Waals surface area contributed by atoms with Crippen molar-refractivity contribution in [1.29, 1.82) is 0 Å². The molecule has 3 aromatic rings. The van der Waals surface area contributed by atoms with Crippen LogP contribution in [0.25, 0.3) is 0 Å². The first-order chi connectivity index (χ1) is 15.5. The van der Waals surface area contributed by atoms with Gasteiger partial charge in [0.15, 0.2) is 0 Å². The molecule has 0 radical (unpaired) electrons. The van der Waals surface area contributed by atoms with Gasteiger partial charge in [-0.3, -0.25) is 14.6 Å². The first kappa shape index (κ1) is 20.9. The second-order valence-electron chi connectivity index (χ2n) is 9.05. The van der Waals surface area contributed by atoms with Crippen molar-refractivity contribution in [3.05, 3.63) is 70.7 Å². The van der Waals surface area contributed by atoms with Gasteiger partial charge in [0.1, 0.15) is 0 Å². The summed E-state index contributed by atoms with van der Waals surface area (Å²) in [7, 11) is 0. The van der Waals surface area contributed by atoms with E-state index >= 15 is 0 Å². The molecule has 2 aliphatic heterocycles. The summed E-state index contributed by atoms with van der Waals surface area (Å²) in [5.74, 6) is 0.00779. The van der Waals surface area contributed by atoms with E-state index in [0.29, 0.717) is 37.1 Å². The van der Waals surface area contributed by atoms with Crippen molar-refractivity contribution in [2.45, 2.75) is 38.8 Å². The number of hydrogen-bond donors (Lipinski definition) is 0. The predicted molar refractivity (Wildman–Crippen MR) is 122 cm³/mol. The molecule has 5 heterocycles. The minimum absolute atomic E-state index is 0.00340. The van der Waals surface area contributed by atoms with Gasteiger partial charge < -0.3 is 14.4 Å². The number of carbonyl (C=O) groups excluding carboxylic acids is 2. The van der Waals surface area contributed by atoms with E-state index < -0.39 is 5.41 Å². The summed E-state index contributed by atoms with van der Waals surface area (Å²) < 4.78 is 2.07. The van der Waals surface area contributed by atoms with Gasteiger partial charge in [0.05, 0.1) is 22.3 Å². The van der Waals surface area contributed by atoms with Crippen LogP contribution >= 0.6 is 11.3 Å². The molecule has 2 saturated heterocycles. The molecule has 2 amide bonds. The fourth-order valence-electron chi connectivity index (χ4n) is 5.00. The number of carbonyl (C=O) groups is 2. The standard InChI is InChI=1S/C24H27N5O2S/c1-17(2)29-14-20(26-16-29)19-13-28(22(30)21-6-4-10-32-21)15-24(19)7-9-27(23(24)31)12-18-5-3-8-25-11-18/h3-6,8,10-11,14,16-17,19H,7,9,12-13,15H2,1-2H3/t19-,24+/m1/s1. The maximum Gasteiger partial charge on any atom is 0.263 e. The van der Waals surface area contributed by atoms with Gasteiger partial charge in [-0.15, -0.1) is 11.3 Å². The molecule has 2 aliphatic rings. The van der Waals surface area contributed by atoms with Crippen molar-refractivity contribution in [2.24, 2.45) is 5.41 Å². The molecule has 0 saturated carbocycles. The summed E-state index contributed by atoms with van der Waals surface area (Å²) in [5.41, 5.74) is 1.28. The van der Waals surface area contributed by atoms with Crippen LogP contribution in [0.1, 0.15) is 53.2 Å². The molecule has 8 heteroatoms. The number of nitrogens with zero attached hydrogens (tertiary/aromatic N) is 5. The number of thiophene rings is 1. The average molecular weight is 450 g/mol. The highest BCUT2D eigenvalue weighted by Gasteiger charge is 2.58. The molecular formula is C24H27N5O2S. The van der Waals surface area contributed by atoms with Crippen LogP contribution in [0.15, 0.2) is 54.6 Å². The van der Waals surface area contributed by atoms with E-state index in [9.17, 15) is 9.59 Å². The van der Waals surface area contributed by atoms with Gasteiger partial charge in [0, 0.05) is 56.7 Å². The van der Waals surface area contributed by atoms with E-state index in [1.165, 1.54) is 11.3 Å². The fourth-order valence-corrected chi connectivity index (χ4v) is 5.69. The van der Waals surface area contributed by atoms with Gasteiger partial charge in [0.2, 0.25) is 5.91 Å². The highest BCUT2D eigenvalue weighted by atomic mass is 32.1. The minimum Gasteiger partial charge on any atom is -0.338 e. The Morgan fingerprint density at radius 3 is 2.88 bits per heavy atom. The Balaban J connectivity index is 1.47. The van der Waals surface area contributed by atoms with Gasteiger partial charge in [-0.25, -0.2) is 4.98 Å². The summed E-state index contributed by atoms with van der Waals surface area (Å²) in [6.45, 7) is 6.39. The Hall–Kier alpha value is -3.00. The lowest BCUT2D eigenvalue weighted by atomic mass is 9.75. The van der Waals surface area contributed by atoms with Crippen molar-refractivity contribution >= 4 is 23.2 Å². The van der Waals surface area contributed by atoms with E-state index in [-0.39, 0.29) is 17.7 Å². The van der Waals surface area contributed by atoms with E-state index in [1.54, 1.807) is 12.4 Å². The van der Waals surface area contributed by atoms with E-state index in [2.05, 4.69) is 28.4 Å². The SMILES string of the molecule is CC(C)n1cnc([C@H]2CN(C(=O)c3cccs3)C[C@@]23CCN(Cc2cccnc2)C3=O)c1. The Kier molecular flexibility index (Phi) is 5.33. The first-order valence-corrected chi connectivity index (χ1v) is 11.9. The third-order valence-electron chi connectivity index (χ3n) is 6.77. The van der Waals surface area contributed by atoms with Crippen LogP contribution in [0.4, 0.5) is 0 Å². The van der Waals surface area contributed by atoms with Crippen LogP contribution in [0.5, 0.6) is 0 Å². The van der Waals surface area contributed by atoms with Crippen LogP contribution < -0.4 is 0 Å². The van der Waals surface area contributed by atoms with E-state index in [0.717, 1.165) is 17.7 Å². The van der Waals surface area contributed by atoms with Crippen LogP contribution in [0.2, 0.25) is 0 Å². The molecule has 3 aromatic heterocycles. The highest BCUT2D eigenvalue weighted by molar-refractivity contribution is 7.12. The Morgan fingerprint density at radius 2 is 2.19 bits per heavy atom. The Bertz CT molecular complexity index is 1110. The topological polar surface area (TPSA) is 71.3 Å². The molecule has 0 aliphatic carbocycles. The summed E-state index contributed by atoms with van der Waals surface area (Å²) in [6, 6.07) is 7.92. The van der Waals surface area contributed by atoms with Crippen molar-refractivity contribution in [2.75, 3.05) is 19.6 Å². The zero-order valence-corrected chi connectivity index (χ0v) is 19.2. The first-order valence-electron chi connectivity index (χ1n) is 11.0.